The summed E-state index contributed by atoms with van der Waals surface area (Å²) < 4.78 is 5.75. The lowest BCUT2D eigenvalue weighted by molar-refractivity contribution is -0.161. The van der Waals surface area contributed by atoms with Crippen molar-refractivity contribution in [3.8, 4) is 0 Å². The molecule has 150 valence electrons. The van der Waals surface area contributed by atoms with Crippen LogP contribution in [0.25, 0.3) is 0 Å². The number of esters is 1. The number of rotatable bonds is 7. The Balaban J connectivity index is 1.75. The zero-order valence-corrected chi connectivity index (χ0v) is 17.4. The van der Waals surface area contributed by atoms with Gasteiger partial charge >= 0.3 is 5.97 Å². The fourth-order valence-electron chi connectivity index (χ4n) is 4.13. The fraction of sp³-hybridized carbons (Fsp3) is 0.480. The lowest BCUT2D eigenvalue weighted by Gasteiger charge is -2.33. The summed E-state index contributed by atoms with van der Waals surface area (Å²) in [6, 6.07) is 21.4. The molecule has 3 heteroatoms. The summed E-state index contributed by atoms with van der Waals surface area (Å²) in [5.41, 5.74) is 2.20. The molecule has 0 bridgehead atoms. The van der Waals surface area contributed by atoms with Crippen molar-refractivity contribution in [2.24, 2.45) is 5.92 Å². The van der Waals surface area contributed by atoms with Crippen molar-refractivity contribution in [2.75, 3.05) is 6.54 Å². The Kier molecular flexibility index (Phi) is 6.90. The average Bonchev–Trinajstić information content (AvgIpc) is 3.15. The Hall–Kier alpha value is -2.13. The number of ether oxygens (including phenoxy) is 1. The van der Waals surface area contributed by atoms with Crippen LogP contribution in [0.4, 0.5) is 0 Å². The van der Waals surface area contributed by atoms with Crippen molar-refractivity contribution >= 4 is 5.97 Å². The molecule has 0 unspecified atom stereocenters. The van der Waals surface area contributed by atoms with E-state index in [2.05, 4.69) is 65.6 Å². The quantitative estimate of drug-likeness (QED) is 0.616. The monoisotopic (exact) mass is 379 g/mol. The summed E-state index contributed by atoms with van der Waals surface area (Å²) in [5.74, 6) is -0.0634. The van der Waals surface area contributed by atoms with Gasteiger partial charge in [-0.1, -0.05) is 67.1 Å². The van der Waals surface area contributed by atoms with E-state index in [1.54, 1.807) is 0 Å². The minimum atomic E-state index is -0.432. The Labute approximate surface area is 169 Å². The molecule has 0 spiro atoms. The van der Waals surface area contributed by atoms with Gasteiger partial charge in [0.15, 0.2) is 0 Å². The Morgan fingerprint density at radius 1 is 0.964 bits per heavy atom. The molecular weight excluding hydrogens is 346 g/mol. The van der Waals surface area contributed by atoms with Gasteiger partial charge in [-0.15, -0.1) is 0 Å². The molecule has 0 aliphatic heterocycles. The molecule has 28 heavy (non-hydrogen) atoms. The maximum atomic E-state index is 12.9. The molecule has 2 atom stereocenters. The smallest absolute Gasteiger partial charge is 0.311 e. The number of hydrogen-bond acceptors (Lipinski definition) is 3. The largest absolute Gasteiger partial charge is 0.460 e. The molecule has 3 nitrogen and oxygen atoms in total. The first-order chi connectivity index (χ1) is 13.4. The van der Waals surface area contributed by atoms with Crippen molar-refractivity contribution in [3.05, 3.63) is 71.8 Å². The average molecular weight is 380 g/mol. The molecule has 0 aromatic heterocycles. The van der Waals surface area contributed by atoms with Crippen LogP contribution in [0.5, 0.6) is 0 Å². The second kappa shape index (κ2) is 9.38. The van der Waals surface area contributed by atoms with Gasteiger partial charge in [0.25, 0.3) is 0 Å². The van der Waals surface area contributed by atoms with E-state index in [9.17, 15) is 4.79 Å². The summed E-state index contributed by atoms with van der Waals surface area (Å²) in [4.78, 5) is 15.4. The maximum Gasteiger partial charge on any atom is 0.311 e. The van der Waals surface area contributed by atoms with Crippen LogP contribution in [0, 0.1) is 5.92 Å². The van der Waals surface area contributed by atoms with Crippen LogP contribution >= 0.6 is 0 Å². The zero-order valence-electron chi connectivity index (χ0n) is 17.4. The molecule has 1 aliphatic rings. The van der Waals surface area contributed by atoms with Crippen LogP contribution in [0.15, 0.2) is 60.7 Å². The van der Waals surface area contributed by atoms with Gasteiger partial charge in [0.2, 0.25) is 0 Å². The molecule has 1 aliphatic carbocycles. The van der Waals surface area contributed by atoms with Gasteiger partial charge < -0.3 is 4.74 Å². The van der Waals surface area contributed by atoms with Gasteiger partial charge in [0, 0.05) is 19.1 Å². The second-order valence-corrected chi connectivity index (χ2v) is 8.83. The second-order valence-electron chi connectivity index (χ2n) is 8.83. The summed E-state index contributed by atoms with van der Waals surface area (Å²) in [7, 11) is 0. The lowest BCUT2D eigenvalue weighted by Crippen LogP contribution is -2.43. The van der Waals surface area contributed by atoms with Gasteiger partial charge in [-0.2, -0.15) is 0 Å². The Bertz CT molecular complexity index is 736. The SMILES string of the molecule is CC(C)(C)OC(=O)[C@H]1CCC[C@H]1N(CCc1ccccc1)Cc1ccccc1. The van der Waals surface area contributed by atoms with Crippen LogP contribution in [0.1, 0.15) is 51.2 Å². The maximum absolute atomic E-state index is 12.9. The third kappa shape index (κ3) is 5.93. The molecule has 0 heterocycles. The topological polar surface area (TPSA) is 29.5 Å². The van der Waals surface area contributed by atoms with E-state index in [1.807, 2.05) is 20.8 Å². The van der Waals surface area contributed by atoms with E-state index < -0.39 is 5.60 Å². The van der Waals surface area contributed by atoms with Crippen LogP contribution in [0.3, 0.4) is 0 Å². The normalized spacial score (nSPS) is 19.7. The molecule has 0 amide bonds. The van der Waals surface area contributed by atoms with Gasteiger partial charge in [-0.25, -0.2) is 0 Å². The lowest BCUT2D eigenvalue weighted by atomic mass is 10.00. The predicted octanol–water partition coefficient (Wildman–Crippen LogP) is 5.24. The van der Waals surface area contributed by atoms with Crippen LogP contribution in [0.2, 0.25) is 0 Å². The highest BCUT2D eigenvalue weighted by Gasteiger charge is 2.39. The van der Waals surface area contributed by atoms with E-state index in [0.717, 1.165) is 38.8 Å². The molecule has 3 rings (SSSR count). The first-order valence-electron chi connectivity index (χ1n) is 10.5. The van der Waals surface area contributed by atoms with Gasteiger partial charge in [0.1, 0.15) is 5.60 Å². The van der Waals surface area contributed by atoms with Gasteiger partial charge in [-0.3, -0.25) is 9.69 Å². The Morgan fingerprint density at radius 3 is 2.18 bits per heavy atom. The van der Waals surface area contributed by atoms with E-state index >= 15 is 0 Å². The minimum absolute atomic E-state index is 0.0290. The van der Waals surface area contributed by atoms with Crippen LogP contribution < -0.4 is 0 Å². The summed E-state index contributed by atoms with van der Waals surface area (Å²) in [6.45, 7) is 7.67. The highest BCUT2D eigenvalue weighted by Crippen LogP contribution is 2.33. The first-order valence-corrected chi connectivity index (χ1v) is 10.5. The van der Waals surface area contributed by atoms with Crippen LogP contribution in [-0.2, 0) is 22.5 Å². The van der Waals surface area contributed by atoms with Gasteiger partial charge in [0.05, 0.1) is 5.92 Å². The molecule has 2 aromatic carbocycles. The van der Waals surface area contributed by atoms with E-state index in [-0.39, 0.29) is 17.9 Å². The fourth-order valence-corrected chi connectivity index (χ4v) is 4.13. The number of benzene rings is 2. The predicted molar refractivity (Wildman–Crippen MR) is 114 cm³/mol. The number of nitrogens with zero attached hydrogens (tertiary/aromatic N) is 1. The summed E-state index contributed by atoms with van der Waals surface area (Å²) in [6.07, 6.45) is 4.07. The number of hydrogen-bond donors (Lipinski definition) is 0. The van der Waals surface area contributed by atoms with E-state index in [0.29, 0.717) is 0 Å². The third-order valence-electron chi connectivity index (χ3n) is 5.42. The molecule has 2 aromatic rings. The minimum Gasteiger partial charge on any atom is -0.460 e. The standard InChI is InChI=1S/C25H33NO2/c1-25(2,3)28-24(27)22-15-10-16-23(22)26(19-21-13-8-5-9-14-21)18-17-20-11-6-4-7-12-20/h4-9,11-14,22-23H,10,15-19H2,1-3H3/t22-,23+/m0/s1. The van der Waals surface area contributed by atoms with Crippen molar-refractivity contribution in [2.45, 2.75) is 64.6 Å². The first kappa shape index (κ1) is 20.6. The molecular formula is C25H33NO2. The van der Waals surface area contributed by atoms with Crippen molar-refractivity contribution in [3.63, 3.8) is 0 Å². The summed E-state index contributed by atoms with van der Waals surface area (Å²) >= 11 is 0. The summed E-state index contributed by atoms with van der Waals surface area (Å²) in [5, 5.41) is 0. The number of carbonyl (C=O) groups is 1. The molecule has 0 saturated heterocycles. The van der Waals surface area contributed by atoms with Gasteiger partial charge in [-0.05, 0) is 51.2 Å². The Morgan fingerprint density at radius 2 is 1.57 bits per heavy atom. The molecule has 0 N–H and O–H groups in total. The van der Waals surface area contributed by atoms with Crippen molar-refractivity contribution < 1.29 is 9.53 Å². The van der Waals surface area contributed by atoms with E-state index in [4.69, 9.17) is 4.74 Å². The highest BCUT2D eigenvalue weighted by molar-refractivity contribution is 5.74. The highest BCUT2D eigenvalue weighted by atomic mass is 16.6. The van der Waals surface area contributed by atoms with E-state index in [1.165, 1.54) is 11.1 Å². The molecule has 0 radical (unpaired) electrons. The number of carbonyl (C=O) groups excluding carboxylic acids is 1. The van der Waals surface area contributed by atoms with Crippen molar-refractivity contribution in [1.82, 2.24) is 4.90 Å². The molecule has 1 fully saturated rings. The zero-order chi connectivity index (χ0) is 20.0. The van der Waals surface area contributed by atoms with Crippen molar-refractivity contribution in [1.29, 1.82) is 0 Å². The van der Waals surface area contributed by atoms with Crippen LogP contribution in [-0.4, -0.2) is 29.1 Å². The molecule has 1 saturated carbocycles. The third-order valence-corrected chi connectivity index (χ3v) is 5.42.